The van der Waals surface area contributed by atoms with Crippen molar-refractivity contribution >= 4 is 17.8 Å². The Hall–Kier alpha value is -4.33. The summed E-state index contributed by atoms with van der Waals surface area (Å²) < 4.78 is 5.25. The van der Waals surface area contributed by atoms with E-state index in [4.69, 9.17) is 4.74 Å². The number of hydrogen-bond acceptors (Lipinski definition) is 6. The second-order valence-electron chi connectivity index (χ2n) is 9.28. The van der Waals surface area contributed by atoms with Crippen LogP contribution in [0.1, 0.15) is 45.4 Å². The maximum Gasteiger partial charge on any atom is 0.342 e. The van der Waals surface area contributed by atoms with E-state index in [-0.39, 0.29) is 35.7 Å². The second-order valence-corrected chi connectivity index (χ2v) is 9.28. The maximum absolute atomic E-state index is 13.8. The van der Waals surface area contributed by atoms with Crippen LogP contribution in [0.3, 0.4) is 0 Å². The molecule has 0 bridgehead atoms. The predicted molar refractivity (Wildman–Crippen MR) is 145 cm³/mol. The van der Waals surface area contributed by atoms with Gasteiger partial charge in [-0.1, -0.05) is 73.3 Å². The molecule has 1 aliphatic rings. The lowest BCUT2D eigenvalue weighted by atomic mass is 10.1. The summed E-state index contributed by atoms with van der Waals surface area (Å²) >= 11 is 0. The highest BCUT2D eigenvalue weighted by Crippen LogP contribution is 2.23. The molecule has 4 rings (SSSR count). The zero-order valence-corrected chi connectivity index (χ0v) is 21.8. The first-order chi connectivity index (χ1) is 18.4. The molecule has 2 aromatic carbocycles. The normalized spacial score (nSPS) is 15.2. The first-order valence-corrected chi connectivity index (χ1v) is 12.7. The molecule has 0 radical (unpaired) electrons. The fourth-order valence-corrected chi connectivity index (χ4v) is 4.60. The van der Waals surface area contributed by atoms with E-state index >= 15 is 0 Å². The van der Waals surface area contributed by atoms with E-state index in [0.717, 1.165) is 11.1 Å². The maximum atomic E-state index is 13.8. The third-order valence-electron chi connectivity index (χ3n) is 6.57. The van der Waals surface area contributed by atoms with Crippen molar-refractivity contribution in [3.8, 4) is 11.4 Å². The third-order valence-corrected chi connectivity index (χ3v) is 6.57. The Labute approximate surface area is 223 Å². The Balaban J connectivity index is 1.54. The summed E-state index contributed by atoms with van der Waals surface area (Å²) in [5, 5.41) is 0. The average Bonchev–Trinajstić information content (AvgIpc) is 2.94. The number of piperazine rings is 1. The second kappa shape index (κ2) is 12.3. The van der Waals surface area contributed by atoms with Gasteiger partial charge in [-0.25, -0.2) is 14.8 Å². The number of nitrogens with zero attached hydrogens (tertiary/aromatic N) is 4. The number of aromatic nitrogens is 2. The standard InChI is InChI=1S/C30H32N4O4/c1-4-19-38-30(37)26-22(3)31-28(24-13-9-6-10-14-24)32-27(26)29(36)33-17-18-34(21(2)20-33)25(35)16-15-23-11-7-5-8-12-23/h4-14,21H,1,15-20H2,2-3H3. The molecule has 0 saturated carbocycles. The highest BCUT2D eigenvalue weighted by atomic mass is 16.5. The van der Waals surface area contributed by atoms with Crippen LogP contribution in [0.4, 0.5) is 0 Å². The molecule has 0 spiro atoms. The number of aryl methyl sites for hydroxylation is 2. The highest BCUT2D eigenvalue weighted by Gasteiger charge is 2.33. The first kappa shape index (κ1) is 26.7. The van der Waals surface area contributed by atoms with Crippen LogP contribution in [0, 0.1) is 6.92 Å². The number of rotatable bonds is 8. The number of ether oxygens (including phenoxy) is 1. The smallest absolute Gasteiger partial charge is 0.342 e. The predicted octanol–water partition coefficient (Wildman–Crippen LogP) is 4.10. The molecule has 8 nitrogen and oxygen atoms in total. The van der Waals surface area contributed by atoms with Gasteiger partial charge < -0.3 is 14.5 Å². The zero-order valence-electron chi connectivity index (χ0n) is 21.8. The molecule has 0 N–H and O–H groups in total. The van der Waals surface area contributed by atoms with Crippen molar-refractivity contribution in [3.05, 3.63) is 95.8 Å². The van der Waals surface area contributed by atoms with Gasteiger partial charge in [-0.3, -0.25) is 9.59 Å². The van der Waals surface area contributed by atoms with E-state index in [2.05, 4.69) is 16.5 Å². The topological polar surface area (TPSA) is 92.7 Å². The molecular weight excluding hydrogens is 480 g/mol. The van der Waals surface area contributed by atoms with Gasteiger partial charge in [-0.05, 0) is 25.8 Å². The molecular formula is C30H32N4O4. The van der Waals surface area contributed by atoms with Gasteiger partial charge in [0, 0.05) is 37.7 Å². The van der Waals surface area contributed by atoms with E-state index in [0.29, 0.717) is 44.0 Å². The molecule has 1 unspecified atom stereocenters. The number of esters is 1. The summed E-state index contributed by atoms with van der Waals surface area (Å²) in [4.78, 5) is 52.1. The van der Waals surface area contributed by atoms with E-state index in [1.54, 1.807) is 11.8 Å². The summed E-state index contributed by atoms with van der Waals surface area (Å²) in [7, 11) is 0. The number of hydrogen-bond donors (Lipinski definition) is 0. The van der Waals surface area contributed by atoms with Crippen molar-refractivity contribution in [2.45, 2.75) is 32.7 Å². The van der Waals surface area contributed by atoms with E-state index in [9.17, 15) is 14.4 Å². The Morgan fingerprint density at radius 3 is 2.37 bits per heavy atom. The molecule has 1 aromatic heterocycles. The molecule has 1 atom stereocenters. The van der Waals surface area contributed by atoms with Crippen LogP contribution in [0.25, 0.3) is 11.4 Å². The Bertz CT molecular complexity index is 1310. The van der Waals surface area contributed by atoms with Crippen LogP contribution in [0.5, 0.6) is 0 Å². The van der Waals surface area contributed by atoms with Crippen LogP contribution >= 0.6 is 0 Å². The molecule has 38 heavy (non-hydrogen) atoms. The van der Waals surface area contributed by atoms with Crippen molar-refractivity contribution < 1.29 is 19.1 Å². The minimum absolute atomic E-state index is 0.00136. The van der Waals surface area contributed by atoms with Gasteiger partial charge in [0.05, 0.1) is 5.69 Å². The Kier molecular flexibility index (Phi) is 8.63. The van der Waals surface area contributed by atoms with Crippen LogP contribution in [0.15, 0.2) is 73.3 Å². The molecule has 2 heterocycles. The van der Waals surface area contributed by atoms with Gasteiger partial charge in [0.1, 0.15) is 17.9 Å². The van der Waals surface area contributed by atoms with E-state index in [1.807, 2.05) is 72.5 Å². The molecule has 1 aliphatic heterocycles. The van der Waals surface area contributed by atoms with Gasteiger partial charge >= 0.3 is 5.97 Å². The quantitative estimate of drug-likeness (QED) is 0.333. The van der Waals surface area contributed by atoms with Gasteiger partial charge in [0.25, 0.3) is 5.91 Å². The monoisotopic (exact) mass is 512 g/mol. The molecule has 1 saturated heterocycles. The largest absolute Gasteiger partial charge is 0.458 e. The highest BCUT2D eigenvalue weighted by molar-refractivity contribution is 6.05. The fraction of sp³-hybridized carbons (Fsp3) is 0.300. The lowest BCUT2D eigenvalue weighted by Gasteiger charge is -2.40. The number of carbonyl (C=O) groups is 3. The SMILES string of the molecule is C=CCOC(=O)c1c(C)nc(-c2ccccc2)nc1C(=O)N1CCN(C(=O)CCc2ccccc2)C(C)C1. The summed E-state index contributed by atoms with van der Waals surface area (Å²) in [5.74, 6) is -0.643. The Morgan fingerprint density at radius 2 is 1.71 bits per heavy atom. The van der Waals surface area contributed by atoms with Crippen molar-refractivity contribution in [2.75, 3.05) is 26.2 Å². The van der Waals surface area contributed by atoms with Crippen molar-refractivity contribution in [3.63, 3.8) is 0 Å². The van der Waals surface area contributed by atoms with Crippen molar-refractivity contribution in [1.82, 2.24) is 19.8 Å². The lowest BCUT2D eigenvalue weighted by molar-refractivity contribution is -0.135. The summed E-state index contributed by atoms with van der Waals surface area (Å²) in [6, 6.07) is 19.0. The van der Waals surface area contributed by atoms with Gasteiger partial charge in [0.2, 0.25) is 5.91 Å². The molecule has 3 aromatic rings. The van der Waals surface area contributed by atoms with Gasteiger partial charge in [-0.2, -0.15) is 0 Å². The number of amides is 2. The Morgan fingerprint density at radius 1 is 1.03 bits per heavy atom. The van der Waals surface area contributed by atoms with Gasteiger partial charge in [-0.15, -0.1) is 0 Å². The summed E-state index contributed by atoms with van der Waals surface area (Å²) in [6.45, 7) is 8.26. The van der Waals surface area contributed by atoms with Crippen LogP contribution < -0.4 is 0 Å². The molecule has 1 fully saturated rings. The first-order valence-electron chi connectivity index (χ1n) is 12.7. The van der Waals surface area contributed by atoms with Crippen molar-refractivity contribution in [1.29, 1.82) is 0 Å². The average molecular weight is 513 g/mol. The molecule has 2 amide bonds. The minimum atomic E-state index is -0.673. The summed E-state index contributed by atoms with van der Waals surface area (Å²) in [6.07, 6.45) is 2.54. The number of benzene rings is 2. The molecule has 0 aliphatic carbocycles. The molecule has 196 valence electrons. The van der Waals surface area contributed by atoms with Crippen LogP contribution in [0.2, 0.25) is 0 Å². The zero-order chi connectivity index (χ0) is 27.1. The molecule has 8 heteroatoms. The van der Waals surface area contributed by atoms with E-state index < -0.39 is 5.97 Å². The lowest BCUT2D eigenvalue weighted by Crippen LogP contribution is -2.55. The van der Waals surface area contributed by atoms with Gasteiger partial charge in [0.15, 0.2) is 5.82 Å². The van der Waals surface area contributed by atoms with Crippen LogP contribution in [-0.2, 0) is 16.0 Å². The number of carbonyl (C=O) groups excluding carboxylic acids is 3. The minimum Gasteiger partial charge on any atom is -0.458 e. The third kappa shape index (κ3) is 6.14. The summed E-state index contributed by atoms with van der Waals surface area (Å²) in [5.41, 5.74) is 2.26. The van der Waals surface area contributed by atoms with Crippen molar-refractivity contribution in [2.24, 2.45) is 0 Å². The van der Waals surface area contributed by atoms with Crippen LogP contribution in [-0.4, -0.2) is 69.8 Å². The fourth-order valence-electron chi connectivity index (χ4n) is 4.60. The van der Waals surface area contributed by atoms with E-state index in [1.165, 1.54) is 6.08 Å².